The second-order valence-electron chi connectivity index (χ2n) is 5.65. The lowest BCUT2D eigenvalue weighted by atomic mass is 10.1. The number of hydrogen-bond acceptors (Lipinski definition) is 5. The first-order chi connectivity index (χ1) is 12.1. The van der Waals surface area contributed by atoms with Gasteiger partial charge < -0.3 is 5.32 Å². The third kappa shape index (κ3) is 4.24. The van der Waals surface area contributed by atoms with Crippen LogP contribution in [0.2, 0.25) is 0 Å². The van der Waals surface area contributed by atoms with Gasteiger partial charge in [0.25, 0.3) is 0 Å². The molecular formula is C18H19N5OS. The van der Waals surface area contributed by atoms with E-state index >= 15 is 0 Å². The number of carbonyl (C=O) groups is 1. The minimum absolute atomic E-state index is 0.0401. The Kier molecular flexibility index (Phi) is 5.45. The molecule has 25 heavy (non-hydrogen) atoms. The largest absolute Gasteiger partial charge is 0.349 e. The van der Waals surface area contributed by atoms with Gasteiger partial charge in [-0.25, -0.2) is 0 Å². The van der Waals surface area contributed by atoms with Gasteiger partial charge in [0.05, 0.1) is 17.5 Å². The number of amides is 1. The van der Waals surface area contributed by atoms with Gasteiger partial charge >= 0.3 is 0 Å². The number of hydrogen-bond donors (Lipinski definition) is 1. The van der Waals surface area contributed by atoms with Gasteiger partial charge in [-0.2, -0.15) is 4.68 Å². The molecule has 7 heteroatoms. The van der Waals surface area contributed by atoms with E-state index in [1.54, 1.807) is 4.68 Å². The summed E-state index contributed by atoms with van der Waals surface area (Å²) < 4.78 is 1.66. The molecule has 2 aromatic carbocycles. The van der Waals surface area contributed by atoms with E-state index in [0.29, 0.717) is 5.16 Å². The predicted molar refractivity (Wildman–Crippen MR) is 97.6 cm³/mol. The topological polar surface area (TPSA) is 72.7 Å². The fourth-order valence-electron chi connectivity index (χ4n) is 2.46. The van der Waals surface area contributed by atoms with Crippen molar-refractivity contribution in [2.24, 2.45) is 0 Å². The highest BCUT2D eigenvalue weighted by Crippen LogP contribution is 2.20. The van der Waals surface area contributed by atoms with Crippen molar-refractivity contribution in [1.82, 2.24) is 25.5 Å². The zero-order chi connectivity index (χ0) is 17.6. The van der Waals surface area contributed by atoms with Crippen LogP contribution in [0.15, 0.2) is 59.8 Å². The number of nitrogens with one attached hydrogen (secondary N) is 1. The Balaban J connectivity index is 1.62. The van der Waals surface area contributed by atoms with Crippen LogP contribution in [-0.2, 0) is 4.79 Å². The van der Waals surface area contributed by atoms with Crippen LogP contribution in [-0.4, -0.2) is 31.9 Å². The lowest BCUT2D eigenvalue weighted by molar-refractivity contribution is -0.119. The molecule has 1 unspecified atom stereocenters. The summed E-state index contributed by atoms with van der Waals surface area (Å²) in [6, 6.07) is 17.7. The Morgan fingerprint density at radius 1 is 1.16 bits per heavy atom. The third-order valence-corrected chi connectivity index (χ3v) is 4.71. The average molecular weight is 353 g/mol. The number of aryl methyl sites for hydroxylation is 1. The monoisotopic (exact) mass is 353 g/mol. The van der Waals surface area contributed by atoms with E-state index in [0.717, 1.165) is 16.8 Å². The first-order valence-electron chi connectivity index (χ1n) is 7.96. The molecule has 1 amide bonds. The van der Waals surface area contributed by atoms with Gasteiger partial charge in [0.15, 0.2) is 0 Å². The highest BCUT2D eigenvalue weighted by Gasteiger charge is 2.14. The van der Waals surface area contributed by atoms with E-state index < -0.39 is 0 Å². The Morgan fingerprint density at radius 2 is 1.88 bits per heavy atom. The number of benzene rings is 2. The van der Waals surface area contributed by atoms with Crippen molar-refractivity contribution in [2.45, 2.75) is 25.0 Å². The van der Waals surface area contributed by atoms with Crippen LogP contribution < -0.4 is 5.32 Å². The Morgan fingerprint density at radius 3 is 2.64 bits per heavy atom. The fraction of sp³-hybridized carbons (Fsp3) is 0.222. The molecule has 0 radical (unpaired) electrons. The molecule has 0 spiro atoms. The van der Waals surface area contributed by atoms with Gasteiger partial charge in [-0.3, -0.25) is 4.79 Å². The number of carbonyl (C=O) groups excluding carboxylic acids is 1. The van der Waals surface area contributed by atoms with Crippen LogP contribution in [0.1, 0.15) is 24.1 Å². The summed E-state index contributed by atoms with van der Waals surface area (Å²) in [4.78, 5) is 12.2. The number of rotatable bonds is 6. The maximum absolute atomic E-state index is 12.2. The van der Waals surface area contributed by atoms with Gasteiger partial charge in [-0.1, -0.05) is 60.3 Å². The first-order valence-corrected chi connectivity index (χ1v) is 8.95. The molecule has 0 fully saturated rings. The summed E-state index contributed by atoms with van der Waals surface area (Å²) in [5, 5.41) is 15.4. The molecule has 0 saturated carbocycles. The van der Waals surface area contributed by atoms with E-state index in [1.165, 1.54) is 11.8 Å². The number of aromatic nitrogens is 4. The molecule has 128 valence electrons. The molecule has 1 aromatic heterocycles. The van der Waals surface area contributed by atoms with Crippen molar-refractivity contribution in [2.75, 3.05) is 5.75 Å². The van der Waals surface area contributed by atoms with Crippen LogP contribution in [0, 0.1) is 6.92 Å². The lowest BCUT2D eigenvalue weighted by Crippen LogP contribution is -2.28. The van der Waals surface area contributed by atoms with Gasteiger partial charge in [0, 0.05) is 0 Å². The van der Waals surface area contributed by atoms with Gasteiger partial charge in [0.1, 0.15) is 0 Å². The molecule has 1 atom stereocenters. The zero-order valence-electron chi connectivity index (χ0n) is 14.1. The highest BCUT2D eigenvalue weighted by molar-refractivity contribution is 7.99. The van der Waals surface area contributed by atoms with Crippen molar-refractivity contribution < 1.29 is 4.79 Å². The smallest absolute Gasteiger partial charge is 0.230 e. The van der Waals surface area contributed by atoms with E-state index in [4.69, 9.17) is 0 Å². The van der Waals surface area contributed by atoms with Gasteiger partial charge in [0.2, 0.25) is 11.1 Å². The van der Waals surface area contributed by atoms with Crippen LogP contribution in [0.5, 0.6) is 0 Å². The van der Waals surface area contributed by atoms with Crippen LogP contribution in [0.25, 0.3) is 5.69 Å². The highest BCUT2D eigenvalue weighted by atomic mass is 32.2. The number of nitrogens with zero attached hydrogens (tertiary/aromatic N) is 4. The first kappa shape index (κ1) is 17.2. The molecule has 0 aliphatic carbocycles. The second kappa shape index (κ2) is 7.94. The molecule has 1 N–H and O–H groups in total. The van der Waals surface area contributed by atoms with E-state index in [-0.39, 0.29) is 17.7 Å². The summed E-state index contributed by atoms with van der Waals surface area (Å²) in [6.45, 7) is 3.97. The number of thioether (sulfide) groups is 1. The van der Waals surface area contributed by atoms with Crippen molar-refractivity contribution in [3.63, 3.8) is 0 Å². The van der Waals surface area contributed by atoms with E-state index in [2.05, 4.69) is 20.8 Å². The Bertz CT molecular complexity index is 849. The van der Waals surface area contributed by atoms with Gasteiger partial charge in [-0.15, -0.1) is 5.10 Å². The van der Waals surface area contributed by atoms with Gasteiger partial charge in [-0.05, 0) is 41.5 Å². The predicted octanol–water partition coefficient (Wildman–Crippen LogP) is 2.94. The maximum Gasteiger partial charge on any atom is 0.230 e. The van der Waals surface area contributed by atoms with Crippen LogP contribution in [0.3, 0.4) is 0 Å². The van der Waals surface area contributed by atoms with Crippen molar-refractivity contribution in [3.05, 3.63) is 65.7 Å². The minimum Gasteiger partial charge on any atom is -0.349 e. The lowest BCUT2D eigenvalue weighted by Gasteiger charge is -2.14. The molecule has 6 nitrogen and oxygen atoms in total. The standard InChI is InChI=1S/C18H19N5OS/c1-13-8-6-7-11-16(13)23-18(20-21-22-23)25-12-17(24)19-14(2)15-9-4-3-5-10-15/h3-11,14H,12H2,1-2H3,(H,19,24). The minimum atomic E-state index is -0.0549. The number of para-hydroxylation sites is 1. The SMILES string of the molecule is Cc1ccccc1-n1nnnc1SCC(=O)NC(C)c1ccccc1. The molecule has 3 rings (SSSR count). The molecule has 0 aliphatic heterocycles. The Hall–Kier alpha value is -2.67. The van der Waals surface area contributed by atoms with Crippen molar-refractivity contribution in [3.8, 4) is 5.69 Å². The fourth-order valence-corrected chi connectivity index (χ4v) is 3.15. The van der Waals surface area contributed by atoms with E-state index in [9.17, 15) is 4.79 Å². The second-order valence-corrected chi connectivity index (χ2v) is 6.59. The molecule has 3 aromatic rings. The molecule has 0 bridgehead atoms. The quantitative estimate of drug-likeness (QED) is 0.690. The van der Waals surface area contributed by atoms with Crippen LogP contribution >= 0.6 is 11.8 Å². The molecule has 0 aliphatic rings. The molecule has 1 heterocycles. The van der Waals surface area contributed by atoms with Crippen molar-refractivity contribution >= 4 is 17.7 Å². The summed E-state index contributed by atoms with van der Waals surface area (Å²) >= 11 is 1.32. The number of tetrazole rings is 1. The Labute approximate surface area is 150 Å². The van der Waals surface area contributed by atoms with Crippen molar-refractivity contribution in [1.29, 1.82) is 0 Å². The normalized spacial score (nSPS) is 11.9. The summed E-state index contributed by atoms with van der Waals surface area (Å²) in [5.41, 5.74) is 3.05. The average Bonchev–Trinajstić information content (AvgIpc) is 3.09. The summed E-state index contributed by atoms with van der Waals surface area (Å²) in [5.74, 6) is 0.198. The molecule has 0 saturated heterocycles. The van der Waals surface area contributed by atoms with Crippen LogP contribution in [0.4, 0.5) is 0 Å². The van der Waals surface area contributed by atoms with E-state index in [1.807, 2.05) is 68.4 Å². The molecular weight excluding hydrogens is 334 g/mol. The summed E-state index contributed by atoms with van der Waals surface area (Å²) in [7, 11) is 0. The zero-order valence-corrected chi connectivity index (χ0v) is 14.9. The third-order valence-electron chi connectivity index (χ3n) is 3.79. The summed E-state index contributed by atoms with van der Waals surface area (Å²) in [6.07, 6.45) is 0. The maximum atomic E-state index is 12.2.